The van der Waals surface area contributed by atoms with E-state index >= 15 is 0 Å². The van der Waals surface area contributed by atoms with E-state index in [0.717, 1.165) is 47.5 Å². The van der Waals surface area contributed by atoms with Crippen molar-refractivity contribution in [3.05, 3.63) is 66.6 Å². The number of hydrogen-bond donors (Lipinski definition) is 2. The molecule has 164 valence electrons. The van der Waals surface area contributed by atoms with Crippen LogP contribution < -0.4 is 10.6 Å². The molecule has 6 heteroatoms. The van der Waals surface area contributed by atoms with E-state index < -0.39 is 0 Å². The van der Waals surface area contributed by atoms with E-state index in [-0.39, 0.29) is 0 Å². The van der Waals surface area contributed by atoms with Crippen molar-refractivity contribution in [2.75, 3.05) is 11.9 Å². The van der Waals surface area contributed by atoms with Crippen LogP contribution in [0.5, 0.6) is 0 Å². The lowest BCUT2D eigenvalue weighted by molar-refractivity contribution is 0.359. The van der Waals surface area contributed by atoms with Crippen LogP contribution in [0.4, 0.5) is 5.95 Å². The Morgan fingerprint density at radius 1 is 0.906 bits per heavy atom. The summed E-state index contributed by atoms with van der Waals surface area (Å²) in [6, 6.07) is 15.7. The van der Waals surface area contributed by atoms with Crippen molar-refractivity contribution >= 4 is 11.6 Å². The fourth-order valence-electron chi connectivity index (χ4n) is 4.64. The second-order valence-electron chi connectivity index (χ2n) is 8.63. The molecule has 4 aromatic rings. The first-order valence-corrected chi connectivity index (χ1v) is 11.6. The Hall–Kier alpha value is -3.25. The summed E-state index contributed by atoms with van der Waals surface area (Å²) in [7, 11) is 0. The third-order valence-corrected chi connectivity index (χ3v) is 6.38. The molecule has 1 aliphatic carbocycles. The number of imidazole rings is 1. The minimum Gasteiger partial charge on any atom is -0.351 e. The number of nitrogens with one attached hydrogen (secondary N) is 2. The summed E-state index contributed by atoms with van der Waals surface area (Å²) in [6.45, 7) is 5.27. The van der Waals surface area contributed by atoms with E-state index in [2.05, 4.69) is 81.4 Å². The summed E-state index contributed by atoms with van der Waals surface area (Å²) in [5, 5.41) is 7.15. The Balaban J connectivity index is 1.42. The topological polar surface area (TPSA) is 67.1 Å². The van der Waals surface area contributed by atoms with Crippen molar-refractivity contribution in [2.45, 2.75) is 51.6 Å². The molecule has 0 amide bonds. The lowest BCUT2D eigenvalue weighted by Crippen LogP contribution is -2.37. The van der Waals surface area contributed by atoms with Crippen LogP contribution in [0.25, 0.3) is 28.2 Å². The first-order valence-electron chi connectivity index (χ1n) is 11.6. The van der Waals surface area contributed by atoms with Crippen LogP contribution in [0.2, 0.25) is 0 Å². The molecule has 0 unspecified atom stereocenters. The number of rotatable bonds is 6. The Morgan fingerprint density at radius 2 is 1.69 bits per heavy atom. The molecule has 0 aliphatic heterocycles. The van der Waals surface area contributed by atoms with E-state index in [1.165, 1.54) is 18.4 Å². The van der Waals surface area contributed by atoms with Crippen molar-refractivity contribution in [3.8, 4) is 22.5 Å². The number of fused-ring (bicyclic) bond motifs is 1. The van der Waals surface area contributed by atoms with E-state index in [9.17, 15) is 0 Å². The van der Waals surface area contributed by atoms with Crippen molar-refractivity contribution in [2.24, 2.45) is 0 Å². The Labute approximate surface area is 189 Å². The fourth-order valence-corrected chi connectivity index (χ4v) is 4.64. The number of hydrogen-bond acceptors (Lipinski definition) is 5. The molecule has 1 saturated carbocycles. The van der Waals surface area contributed by atoms with Crippen molar-refractivity contribution < 1.29 is 0 Å². The minimum atomic E-state index is 0.423. The number of nitrogens with zero attached hydrogens (tertiary/aromatic N) is 4. The van der Waals surface area contributed by atoms with Gasteiger partial charge in [-0.3, -0.25) is 4.40 Å². The second-order valence-corrected chi connectivity index (χ2v) is 8.63. The highest BCUT2D eigenvalue weighted by atomic mass is 15.1. The molecule has 0 atom stereocenters. The van der Waals surface area contributed by atoms with Gasteiger partial charge in [0.15, 0.2) is 0 Å². The SMILES string of the molecule is CCNC1CCC(Nc2ncc(C)c(-c3cnc4ccc(-c5ccccc5)cn34)n2)CC1. The van der Waals surface area contributed by atoms with Crippen LogP contribution in [-0.2, 0) is 0 Å². The van der Waals surface area contributed by atoms with Crippen LogP contribution in [0.3, 0.4) is 0 Å². The highest BCUT2D eigenvalue weighted by molar-refractivity contribution is 5.69. The third-order valence-electron chi connectivity index (χ3n) is 6.38. The molecule has 1 fully saturated rings. The maximum absolute atomic E-state index is 4.92. The van der Waals surface area contributed by atoms with Crippen LogP contribution in [0.1, 0.15) is 38.2 Å². The van der Waals surface area contributed by atoms with Crippen LogP contribution in [-0.4, -0.2) is 38.0 Å². The molecule has 2 N–H and O–H groups in total. The second kappa shape index (κ2) is 9.09. The van der Waals surface area contributed by atoms with Gasteiger partial charge in [0.2, 0.25) is 5.95 Å². The molecule has 3 aromatic heterocycles. The Bertz CT molecular complexity index is 1190. The van der Waals surface area contributed by atoms with Gasteiger partial charge in [0.1, 0.15) is 5.65 Å². The van der Waals surface area contributed by atoms with Gasteiger partial charge >= 0.3 is 0 Å². The minimum absolute atomic E-state index is 0.423. The first kappa shape index (κ1) is 20.6. The fraction of sp³-hybridized carbons (Fsp3) is 0.346. The highest BCUT2D eigenvalue weighted by Gasteiger charge is 2.21. The summed E-state index contributed by atoms with van der Waals surface area (Å²) in [5.74, 6) is 0.701. The normalized spacial score (nSPS) is 18.7. The zero-order valence-corrected chi connectivity index (χ0v) is 18.8. The van der Waals surface area contributed by atoms with Gasteiger partial charge in [-0.2, -0.15) is 0 Å². The van der Waals surface area contributed by atoms with E-state index in [1.54, 1.807) is 0 Å². The third kappa shape index (κ3) is 4.23. The van der Waals surface area contributed by atoms with Crippen molar-refractivity contribution in [3.63, 3.8) is 0 Å². The molecule has 0 saturated heterocycles. The van der Waals surface area contributed by atoms with Crippen LogP contribution in [0, 0.1) is 6.92 Å². The smallest absolute Gasteiger partial charge is 0.223 e. The summed E-state index contributed by atoms with van der Waals surface area (Å²) < 4.78 is 2.13. The molecule has 0 spiro atoms. The van der Waals surface area contributed by atoms with Gasteiger partial charge in [-0.05, 0) is 68.0 Å². The zero-order valence-electron chi connectivity index (χ0n) is 18.8. The van der Waals surface area contributed by atoms with Gasteiger partial charge < -0.3 is 10.6 Å². The molecule has 1 aliphatic rings. The predicted molar refractivity (Wildman–Crippen MR) is 130 cm³/mol. The number of pyridine rings is 1. The van der Waals surface area contributed by atoms with E-state index in [4.69, 9.17) is 4.98 Å². The number of aryl methyl sites for hydroxylation is 1. The summed E-state index contributed by atoms with van der Waals surface area (Å²) in [6.07, 6.45) is 10.6. The molecule has 5 rings (SSSR count). The predicted octanol–water partition coefficient (Wildman–Crippen LogP) is 5.10. The van der Waals surface area contributed by atoms with E-state index in [0.29, 0.717) is 18.0 Å². The standard InChI is InChI=1S/C26H30N6/c1-3-27-21-10-12-22(13-11-21)30-26-29-15-18(2)25(31-26)23-16-28-24-14-9-20(17-32(23)24)19-7-5-4-6-8-19/h4-9,14-17,21-22,27H,3,10-13H2,1-2H3,(H,29,30,31). The maximum atomic E-state index is 4.92. The summed E-state index contributed by atoms with van der Waals surface area (Å²) >= 11 is 0. The quantitative estimate of drug-likeness (QED) is 0.449. The lowest BCUT2D eigenvalue weighted by atomic mass is 9.91. The Morgan fingerprint density at radius 3 is 2.47 bits per heavy atom. The summed E-state index contributed by atoms with van der Waals surface area (Å²) in [5.41, 5.74) is 6.19. The molecule has 0 radical (unpaired) electrons. The highest BCUT2D eigenvalue weighted by Crippen LogP contribution is 2.27. The Kier molecular flexibility index (Phi) is 5.86. The molecule has 6 nitrogen and oxygen atoms in total. The monoisotopic (exact) mass is 426 g/mol. The largest absolute Gasteiger partial charge is 0.351 e. The van der Waals surface area contributed by atoms with Gasteiger partial charge in [0.05, 0.1) is 17.6 Å². The van der Waals surface area contributed by atoms with Gasteiger partial charge in [-0.25, -0.2) is 15.0 Å². The van der Waals surface area contributed by atoms with Gasteiger partial charge in [0, 0.05) is 24.5 Å². The van der Waals surface area contributed by atoms with Gasteiger partial charge in [-0.15, -0.1) is 0 Å². The number of benzene rings is 1. The zero-order chi connectivity index (χ0) is 21.9. The molecule has 3 heterocycles. The molecular weight excluding hydrogens is 396 g/mol. The van der Waals surface area contributed by atoms with Crippen molar-refractivity contribution in [1.29, 1.82) is 0 Å². The summed E-state index contributed by atoms with van der Waals surface area (Å²) in [4.78, 5) is 14.1. The average Bonchev–Trinajstić information content (AvgIpc) is 3.25. The van der Waals surface area contributed by atoms with Crippen LogP contribution in [0.15, 0.2) is 61.1 Å². The number of aromatic nitrogens is 4. The van der Waals surface area contributed by atoms with Crippen LogP contribution >= 0.6 is 0 Å². The molecule has 32 heavy (non-hydrogen) atoms. The van der Waals surface area contributed by atoms with Gasteiger partial charge in [0.25, 0.3) is 0 Å². The lowest BCUT2D eigenvalue weighted by Gasteiger charge is -2.29. The first-order chi connectivity index (χ1) is 15.7. The average molecular weight is 427 g/mol. The van der Waals surface area contributed by atoms with Crippen molar-refractivity contribution in [1.82, 2.24) is 24.7 Å². The molecule has 0 bridgehead atoms. The molecule has 1 aromatic carbocycles. The van der Waals surface area contributed by atoms with E-state index in [1.807, 2.05) is 18.5 Å². The maximum Gasteiger partial charge on any atom is 0.223 e. The number of anilines is 1. The molecular formula is C26H30N6. The van der Waals surface area contributed by atoms with Gasteiger partial charge in [-0.1, -0.05) is 37.3 Å².